The molecule has 1 aromatic rings. The van der Waals surface area contributed by atoms with E-state index in [0.29, 0.717) is 25.9 Å². The van der Waals surface area contributed by atoms with Crippen molar-refractivity contribution in [3.63, 3.8) is 0 Å². The predicted octanol–water partition coefficient (Wildman–Crippen LogP) is 2.17. The van der Waals surface area contributed by atoms with Crippen molar-refractivity contribution in [2.45, 2.75) is 37.3 Å². The zero-order valence-corrected chi connectivity index (χ0v) is 13.4. The first kappa shape index (κ1) is 16.6. The summed E-state index contributed by atoms with van der Waals surface area (Å²) >= 11 is 0. The number of carbonyl (C=O) groups excluding carboxylic acids is 1. The maximum atomic E-state index is 14.1. The van der Waals surface area contributed by atoms with Crippen LogP contribution in [0.15, 0.2) is 18.2 Å². The zero-order chi connectivity index (χ0) is 17.3. The Labute approximate surface area is 138 Å². The fraction of sp³-hybridized carbons (Fsp3) is 0.562. The summed E-state index contributed by atoms with van der Waals surface area (Å²) in [6.45, 7) is 1.32. The molecule has 0 unspecified atom stereocenters. The lowest BCUT2D eigenvalue weighted by atomic mass is 10.0. The molecule has 0 aromatic heterocycles. The van der Waals surface area contributed by atoms with Crippen molar-refractivity contribution >= 4 is 11.7 Å². The minimum atomic E-state index is -0.884. The molecule has 0 spiro atoms. The van der Waals surface area contributed by atoms with Crippen molar-refractivity contribution in [2.24, 2.45) is 0 Å². The van der Waals surface area contributed by atoms with Gasteiger partial charge in [0, 0.05) is 19.2 Å². The van der Waals surface area contributed by atoms with Crippen molar-refractivity contribution in [2.75, 3.05) is 20.2 Å². The third-order valence-corrected chi connectivity index (χ3v) is 4.78. The highest BCUT2D eigenvalue weighted by Crippen LogP contribution is 2.44. The predicted molar refractivity (Wildman–Crippen MR) is 80.7 cm³/mol. The lowest BCUT2D eigenvalue weighted by molar-refractivity contribution is -0.731. The van der Waals surface area contributed by atoms with Crippen LogP contribution in [0.1, 0.15) is 25.7 Å². The monoisotopic (exact) mass is 339 g/mol. The van der Waals surface area contributed by atoms with Crippen molar-refractivity contribution in [1.29, 1.82) is 0 Å². The van der Waals surface area contributed by atoms with Gasteiger partial charge in [-0.3, -0.25) is 9.69 Å². The Bertz CT molecular complexity index is 654. The van der Waals surface area contributed by atoms with Gasteiger partial charge in [-0.05, 0) is 31.7 Å². The van der Waals surface area contributed by atoms with Gasteiger partial charge in [0.25, 0.3) is 4.92 Å². The van der Waals surface area contributed by atoms with Crippen LogP contribution >= 0.6 is 0 Å². The SMILES string of the molecule is COC(=O)C1(N2CCC(Oc3cccc([N+](=O)O)c3F)CC2)CC1. The number of ether oxygens (including phenoxy) is 2. The molecule has 1 N–H and O–H groups in total. The van der Waals surface area contributed by atoms with Crippen LogP contribution in [-0.4, -0.2) is 52.8 Å². The Hall–Kier alpha value is -2.22. The summed E-state index contributed by atoms with van der Waals surface area (Å²) in [5.41, 5.74) is -0.960. The summed E-state index contributed by atoms with van der Waals surface area (Å²) in [6.07, 6.45) is 2.68. The number of piperidine rings is 1. The number of methoxy groups -OCH3 is 1. The molecule has 0 bridgehead atoms. The Kier molecular flexibility index (Phi) is 4.40. The Morgan fingerprint density at radius 3 is 2.58 bits per heavy atom. The van der Waals surface area contributed by atoms with Gasteiger partial charge in [0.2, 0.25) is 5.82 Å². The van der Waals surface area contributed by atoms with E-state index in [-0.39, 0.29) is 17.8 Å². The maximum Gasteiger partial charge on any atom is 0.355 e. The first-order chi connectivity index (χ1) is 11.5. The van der Waals surface area contributed by atoms with Crippen molar-refractivity contribution in [3.8, 4) is 5.75 Å². The molecular weight excluding hydrogens is 319 g/mol. The van der Waals surface area contributed by atoms with Crippen LogP contribution in [0.2, 0.25) is 0 Å². The van der Waals surface area contributed by atoms with Crippen LogP contribution in [0.25, 0.3) is 0 Å². The highest BCUT2D eigenvalue weighted by molar-refractivity contribution is 5.84. The molecule has 2 fully saturated rings. The molecule has 0 radical (unpaired) electrons. The lowest BCUT2D eigenvalue weighted by Crippen LogP contribution is -2.49. The van der Waals surface area contributed by atoms with Crippen LogP contribution in [0, 0.1) is 10.7 Å². The zero-order valence-electron chi connectivity index (χ0n) is 13.4. The van der Waals surface area contributed by atoms with Crippen LogP contribution in [0.3, 0.4) is 0 Å². The summed E-state index contributed by atoms with van der Waals surface area (Å²) in [5, 5.41) is 8.87. The van der Waals surface area contributed by atoms with Crippen LogP contribution < -0.4 is 4.74 Å². The van der Waals surface area contributed by atoms with E-state index in [4.69, 9.17) is 14.7 Å². The van der Waals surface area contributed by atoms with E-state index in [1.165, 1.54) is 25.3 Å². The van der Waals surface area contributed by atoms with Gasteiger partial charge in [-0.2, -0.15) is 4.39 Å². The van der Waals surface area contributed by atoms with E-state index in [2.05, 4.69) is 4.90 Å². The number of halogens is 1. The third kappa shape index (κ3) is 2.93. The second kappa shape index (κ2) is 6.35. The average molecular weight is 339 g/mol. The van der Waals surface area contributed by atoms with Crippen molar-refractivity contribution in [3.05, 3.63) is 28.9 Å². The second-order valence-corrected chi connectivity index (χ2v) is 6.19. The van der Waals surface area contributed by atoms with E-state index < -0.39 is 22.0 Å². The van der Waals surface area contributed by atoms with Gasteiger partial charge in [-0.25, -0.2) is 5.21 Å². The number of hydrogen-bond donors (Lipinski definition) is 1. The number of carbonyl (C=O) groups is 1. The molecule has 0 atom stereocenters. The molecule has 1 saturated carbocycles. The van der Waals surface area contributed by atoms with E-state index in [1.54, 1.807) is 0 Å². The number of likely N-dealkylation sites (tertiary alicyclic amines) is 1. The van der Waals surface area contributed by atoms with E-state index >= 15 is 0 Å². The number of esters is 1. The molecular formula is C16H20FN2O5+. The van der Waals surface area contributed by atoms with Crippen LogP contribution in [0.5, 0.6) is 5.75 Å². The first-order valence-electron chi connectivity index (χ1n) is 7.93. The Balaban J connectivity index is 1.61. The van der Waals surface area contributed by atoms with Crippen molar-refractivity contribution < 1.29 is 28.8 Å². The van der Waals surface area contributed by atoms with Crippen LogP contribution in [-0.2, 0) is 9.53 Å². The molecule has 1 aliphatic heterocycles. The number of nitrogens with zero attached hydrogens (tertiary/aromatic N) is 2. The van der Waals surface area contributed by atoms with Gasteiger partial charge in [-0.1, -0.05) is 6.07 Å². The smallest absolute Gasteiger partial charge is 0.355 e. The molecule has 1 heterocycles. The molecule has 0 amide bonds. The van der Waals surface area contributed by atoms with Gasteiger partial charge in [0.15, 0.2) is 5.75 Å². The fourth-order valence-electron chi connectivity index (χ4n) is 3.28. The third-order valence-electron chi connectivity index (χ3n) is 4.78. The number of rotatable bonds is 5. The molecule has 3 rings (SSSR count). The molecule has 24 heavy (non-hydrogen) atoms. The molecule has 1 saturated heterocycles. The summed E-state index contributed by atoms with van der Waals surface area (Å²) in [7, 11) is 1.40. The van der Waals surface area contributed by atoms with Gasteiger partial charge in [0.05, 0.1) is 12.0 Å². The topological polar surface area (TPSA) is 79.1 Å². The minimum absolute atomic E-state index is 0.0602. The van der Waals surface area contributed by atoms with Gasteiger partial charge in [0.1, 0.15) is 11.6 Å². The van der Waals surface area contributed by atoms with Crippen molar-refractivity contribution in [1.82, 2.24) is 4.90 Å². The highest BCUT2D eigenvalue weighted by Gasteiger charge is 2.56. The molecule has 1 aliphatic carbocycles. The van der Waals surface area contributed by atoms with Gasteiger partial charge >= 0.3 is 11.7 Å². The first-order valence-corrected chi connectivity index (χ1v) is 7.93. The molecule has 7 nitrogen and oxygen atoms in total. The van der Waals surface area contributed by atoms with E-state index in [9.17, 15) is 14.1 Å². The maximum absolute atomic E-state index is 14.1. The van der Waals surface area contributed by atoms with Gasteiger partial charge < -0.3 is 9.47 Å². The molecule has 2 aliphatic rings. The van der Waals surface area contributed by atoms with Crippen LogP contribution in [0.4, 0.5) is 10.1 Å². The Morgan fingerprint density at radius 1 is 1.38 bits per heavy atom. The normalized spacial score (nSPS) is 20.4. The standard InChI is InChI=1S/C16H20FN2O5/c1-23-15(20)16(7-8-16)18-9-5-11(6-10-18)24-13-4-2-3-12(14(13)17)19(21)22/h2-4,11H,5-10H2,1H3,(H,21,22)/q+1. The second-order valence-electron chi connectivity index (χ2n) is 6.19. The summed E-state index contributed by atoms with van der Waals surface area (Å²) in [6, 6.07) is 4.04. The summed E-state index contributed by atoms with van der Waals surface area (Å²) in [5.74, 6) is -1.14. The largest absolute Gasteiger partial charge is 0.487 e. The van der Waals surface area contributed by atoms with Gasteiger partial charge in [-0.15, -0.1) is 0 Å². The minimum Gasteiger partial charge on any atom is -0.487 e. The van der Waals surface area contributed by atoms with E-state index in [1.807, 2.05) is 0 Å². The quantitative estimate of drug-likeness (QED) is 0.654. The lowest BCUT2D eigenvalue weighted by Gasteiger charge is -2.36. The fourth-order valence-corrected chi connectivity index (χ4v) is 3.28. The summed E-state index contributed by atoms with van der Waals surface area (Å²) < 4.78 is 24.6. The summed E-state index contributed by atoms with van der Waals surface area (Å²) in [4.78, 5) is 24.4. The average Bonchev–Trinajstić information content (AvgIpc) is 3.38. The number of hydrogen-bond acceptors (Lipinski definition) is 5. The highest BCUT2D eigenvalue weighted by atomic mass is 19.1. The molecule has 130 valence electrons. The van der Waals surface area contributed by atoms with E-state index in [0.717, 1.165) is 12.8 Å². The Morgan fingerprint density at radius 2 is 2.04 bits per heavy atom. The molecule has 8 heteroatoms. The molecule has 1 aromatic carbocycles. The number of benzene rings is 1.